The molecule has 2 N–H and O–H groups in total. The van der Waals surface area contributed by atoms with E-state index in [1.54, 1.807) is 6.26 Å². The Hall–Kier alpha value is -2.93. The van der Waals surface area contributed by atoms with Gasteiger partial charge in [0, 0.05) is 11.3 Å². The van der Waals surface area contributed by atoms with Gasteiger partial charge in [0.05, 0.1) is 11.8 Å². The van der Waals surface area contributed by atoms with Crippen molar-refractivity contribution in [1.29, 1.82) is 0 Å². The van der Waals surface area contributed by atoms with Gasteiger partial charge in [0.25, 0.3) is 5.89 Å². The Balaban J connectivity index is 1.78. The fraction of sp³-hybridized carbons (Fsp3) is 0.167. The number of allylic oxidation sites excluding steroid dienone is 1. The minimum Gasteiger partial charge on any atom is -0.467 e. The highest BCUT2D eigenvalue weighted by molar-refractivity contribution is 7.80. The molecule has 126 valence electrons. The maximum Gasteiger partial charge on any atom is 0.258 e. The number of nitrogens with zero attached hydrogens (tertiary/aromatic N) is 2. The lowest BCUT2D eigenvalue weighted by Crippen LogP contribution is -2.42. The maximum atomic E-state index is 5.56. The van der Waals surface area contributed by atoms with E-state index in [4.69, 9.17) is 21.2 Å². The van der Waals surface area contributed by atoms with Crippen LogP contribution < -0.4 is 10.6 Å². The molecule has 0 saturated carbocycles. The molecule has 0 radical (unpaired) electrons. The van der Waals surface area contributed by atoms with Gasteiger partial charge in [0.1, 0.15) is 11.8 Å². The third-order valence-electron chi connectivity index (χ3n) is 4.14. The summed E-state index contributed by atoms with van der Waals surface area (Å²) in [6.45, 7) is 3.94. The van der Waals surface area contributed by atoms with Crippen molar-refractivity contribution in [2.24, 2.45) is 0 Å². The van der Waals surface area contributed by atoms with Crippen LogP contribution in [0.5, 0.6) is 0 Å². The molecular formula is C18H16N4O2S. The van der Waals surface area contributed by atoms with Crippen LogP contribution in [0.15, 0.2) is 57.3 Å². The van der Waals surface area contributed by atoms with Crippen LogP contribution in [-0.4, -0.2) is 15.3 Å². The molecule has 1 aliphatic rings. The quantitative estimate of drug-likeness (QED) is 0.698. The lowest BCUT2D eigenvalue weighted by atomic mass is 10.0. The first kappa shape index (κ1) is 15.6. The predicted octanol–water partition coefficient (Wildman–Crippen LogP) is 3.59. The van der Waals surface area contributed by atoms with Crippen molar-refractivity contribution in [2.45, 2.75) is 19.9 Å². The van der Waals surface area contributed by atoms with Crippen molar-refractivity contribution < 1.29 is 8.94 Å². The summed E-state index contributed by atoms with van der Waals surface area (Å²) in [7, 11) is 0. The Morgan fingerprint density at radius 2 is 1.96 bits per heavy atom. The van der Waals surface area contributed by atoms with Gasteiger partial charge in [-0.3, -0.25) is 0 Å². The van der Waals surface area contributed by atoms with E-state index >= 15 is 0 Å². The van der Waals surface area contributed by atoms with E-state index < -0.39 is 0 Å². The van der Waals surface area contributed by atoms with Gasteiger partial charge in [-0.05, 0) is 43.8 Å². The molecule has 0 amide bonds. The second-order valence-corrected chi connectivity index (χ2v) is 6.23. The van der Waals surface area contributed by atoms with E-state index in [-0.39, 0.29) is 6.04 Å². The number of benzene rings is 1. The Morgan fingerprint density at radius 1 is 1.12 bits per heavy atom. The van der Waals surface area contributed by atoms with Crippen LogP contribution >= 0.6 is 12.2 Å². The smallest absolute Gasteiger partial charge is 0.258 e. The minimum absolute atomic E-state index is 0.283. The van der Waals surface area contributed by atoms with E-state index in [0.29, 0.717) is 16.8 Å². The number of hydrogen-bond acceptors (Lipinski definition) is 5. The highest BCUT2D eigenvalue weighted by Crippen LogP contribution is 2.34. The molecule has 25 heavy (non-hydrogen) atoms. The van der Waals surface area contributed by atoms with E-state index in [1.807, 2.05) is 50.2 Å². The third-order valence-corrected chi connectivity index (χ3v) is 4.36. The third kappa shape index (κ3) is 2.83. The number of hydrogen-bond donors (Lipinski definition) is 2. The van der Waals surface area contributed by atoms with E-state index in [1.165, 1.54) is 0 Å². The summed E-state index contributed by atoms with van der Waals surface area (Å²) in [6.07, 6.45) is 1.63. The van der Waals surface area contributed by atoms with Crippen molar-refractivity contribution in [3.63, 3.8) is 0 Å². The Bertz CT molecular complexity index is 959. The SMILES string of the molecule is CC1=C(c2nc(-c3ccccc3C)no2)[C@@H](c2ccco2)NC(=S)N1. The molecule has 1 aliphatic heterocycles. The molecule has 3 aromatic rings. The van der Waals surface area contributed by atoms with Crippen molar-refractivity contribution in [3.05, 3.63) is 65.6 Å². The Kier molecular flexibility index (Phi) is 3.85. The number of aromatic nitrogens is 2. The zero-order valence-electron chi connectivity index (χ0n) is 13.7. The Labute approximate surface area is 149 Å². The second kappa shape index (κ2) is 6.18. The summed E-state index contributed by atoms with van der Waals surface area (Å²) < 4.78 is 11.1. The van der Waals surface area contributed by atoms with Crippen LogP contribution in [-0.2, 0) is 0 Å². The van der Waals surface area contributed by atoms with Crippen LogP contribution in [0, 0.1) is 6.92 Å². The number of thiocarbonyl (C=S) groups is 1. The van der Waals surface area contributed by atoms with E-state index in [9.17, 15) is 0 Å². The number of nitrogens with one attached hydrogen (secondary N) is 2. The van der Waals surface area contributed by atoms with Gasteiger partial charge in [-0.25, -0.2) is 0 Å². The molecule has 0 bridgehead atoms. The monoisotopic (exact) mass is 352 g/mol. The van der Waals surface area contributed by atoms with Crippen LogP contribution in [0.3, 0.4) is 0 Å². The van der Waals surface area contributed by atoms with Gasteiger partial charge in [0.15, 0.2) is 5.11 Å². The van der Waals surface area contributed by atoms with Crippen LogP contribution in [0.2, 0.25) is 0 Å². The van der Waals surface area contributed by atoms with Gasteiger partial charge in [-0.15, -0.1) is 0 Å². The van der Waals surface area contributed by atoms with Gasteiger partial charge in [-0.2, -0.15) is 4.98 Å². The van der Waals surface area contributed by atoms with Crippen molar-refractivity contribution in [3.8, 4) is 11.4 Å². The topological polar surface area (TPSA) is 76.1 Å². The molecule has 3 heterocycles. The first-order valence-corrected chi connectivity index (χ1v) is 8.26. The molecule has 1 aromatic carbocycles. The fourth-order valence-electron chi connectivity index (χ4n) is 2.91. The maximum absolute atomic E-state index is 5.56. The molecule has 0 unspecified atom stereocenters. The average molecular weight is 352 g/mol. The first-order valence-electron chi connectivity index (χ1n) is 7.85. The normalized spacial score (nSPS) is 17.4. The summed E-state index contributed by atoms with van der Waals surface area (Å²) in [6, 6.07) is 11.4. The molecule has 2 aromatic heterocycles. The number of aryl methyl sites for hydroxylation is 1. The molecule has 0 fully saturated rings. The summed E-state index contributed by atoms with van der Waals surface area (Å²) in [5, 5.41) is 11.0. The summed E-state index contributed by atoms with van der Waals surface area (Å²) >= 11 is 5.27. The average Bonchev–Trinajstić information content (AvgIpc) is 3.26. The molecule has 0 spiro atoms. The fourth-order valence-corrected chi connectivity index (χ4v) is 3.18. The summed E-state index contributed by atoms with van der Waals surface area (Å²) in [4.78, 5) is 4.60. The van der Waals surface area contributed by atoms with Gasteiger partial charge in [-0.1, -0.05) is 29.4 Å². The summed E-state index contributed by atoms with van der Waals surface area (Å²) in [5.74, 6) is 1.72. The van der Waals surface area contributed by atoms with Gasteiger partial charge in [0.2, 0.25) is 5.82 Å². The molecule has 0 saturated heterocycles. The molecule has 4 rings (SSSR count). The lowest BCUT2D eigenvalue weighted by molar-refractivity contribution is 0.399. The number of furan rings is 1. The van der Waals surface area contributed by atoms with E-state index in [0.717, 1.165) is 28.2 Å². The lowest BCUT2D eigenvalue weighted by Gasteiger charge is -2.27. The predicted molar refractivity (Wildman–Crippen MR) is 97.4 cm³/mol. The standard InChI is InChI=1S/C18H16N4O2S/c1-10-6-3-4-7-12(10)16-21-17(24-22-16)14-11(2)19-18(25)20-15(14)13-8-5-9-23-13/h3-9,15H,1-2H3,(H2,19,20,25)/t15-/m1/s1. The highest BCUT2D eigenvalue weighted by Gasteiger charge is 2.31. The molecule has 0 aliphatic carbocycles. The van der Waals surface area contributed by atoms with Crippen LogP contribution in [0.25, 0.3) is 17.0 Å². The van der Waals surface area contributed by atoms with E-state index in [2.05, 4.69) is 20.8 Å². The van der Waals surface area contributed by atoms with Crippen LogP contribution in [0.1, 0.15) is 30.2 Å². The zero-order valence-corrected chi connectivity index (χ0v) is 14.6. The number of rotatable bonds is 3. The zero-order chi connectivity index (χ0) is 17.4. The minimum atomic E-state index is -0.283. The molecule has 7 heteroatoms. The largest absolute Gasteiger partial charge is 0.467 e. The summed E-state index contributed by atoms with van der Waals surface area (Å²) in [5.41, 5.74) is 3.70. The molecule has 1 atom stereocenters. The van der Waals surface area contributed by atoms with Gasteiger partial charge >= 0.3 is 0 Å². The van der Waals surface area contributed by atoms with Gasteiger partial charge < -0.3 is 19.6 Å². The van der Waals surface area contributed by atoms with Crippen molar-refractivity contribution in [2.75, 3.05) is 0 Å². The highest BCUT2D eigenvalue weighted by atomic mass is 32.1. The van der Waals surface area contributed by atoms with Crippen LogP contribution in [0.4, 0.5) is 0 Å². The second-order valence-electron chi connectivity index (χ2n) is 5.82. The molecular weight excluding hydrogens is 336 g/mol. The molecule has 6 nitrogen and oxygen atoms in total. The van der Waals surface area contributed by atoms with Crippen molar-refractivity contribution in [1.82, 2.24) is 20.8 Å². The van der Waals surface area contributed by atoms with Crippen molar-refractivity contribution >= 4 is 22.9 Å². The first-order chi connectivity index (χ1) is 12.1. The Morgan fingerprint density at radius 3 is 2.72 bits per heavy atom.